The summed E-state index contributed by atoms with van der Waals surface area (Å²) in [5.74, 6) is 0.938. The Hall–Kier alpha value is -0.820. The van der Waals surface area contributed by atoms with Gasteiger partial charge >= 0.3 is 0 Å². The standard InChI is InChI=1S/C16H25N/c1-13-8-10-16(11-9-13)14(2)17(3)12-15-6-4-5-7-15/h8-11,14-15H,4-7,12H2,1-3H3. The molecule has 0 heterocycles. The summed E-state index contributed by atoms with van der Waals surface area (Å²) in [6.45, 7) is 5.73. The average Bonchev–Trinajstić information content (AvgIpc) is 2.82. The molecular formula is C16H25N. The van der Waals surface area contributed by atoms with Gasteiger partial charge in [-0.3, -0.25) is 4.90 Å². The molecular weight excluding hydrogens is 206 g/mol. The maximum atomic E-state index is 2.51. The number of hydrogen-bond acceptors (Lipinski definition) is 1. The molecule has 0 amide bonds. The van der Waals surface area contributed by atoms with Crippen molar-refractivity contribution in [1.29, 1.82) is 0 Å². The molecule has 0 saturated heterocycles. The maximum Gasteiger partial charge on any atom is 0.0316 e. The van der Waals surface area contributed by atoms with E-state index >= 15 is 0 Å². The summed E-state index contributed by atoms with van der Waals surface area (Å²) in [4.78, 5) is 2.51. The van der Waals surface area contributed by atoms with Crippen LogP contribution in [0.25, 0.3) is 0 Å². The fourth-order valence-electron chi connectivity index (χ4n) is 2.86. The molecule has 1 unspecified atom stereocenters. The lowest BCUT2D eigenvalue weighted by molar-refractivity contribution is 0.221. The van der Waals surface area contributed by atoms with Gasteiger partial charge in [0.25, 0.3) is 0 Å². The van der Waals surface area contributed by atoms with Crippen molar-refractivity contribution >= 4 is 0 Å². The molecule has 1 fully saturated rings. The average molecular weight is 231 g/mol. The Bertz CT molecular complexity index is 335. The Morgan fingerprint density at radius 2 is 1.76 bits per heavy atom. The van der Waals surface area contributed by atoms with Gasteiger partial charge < -0.3 is 0 Å². The van der Waals surface area contributed by atoms with E-state index in [-0.39, 0.29) is 0 Å². The summed E-state index contributed by atoms with van der Waals surface area (Å²) in [6, 6.07) is 9.51. The van der Waals surface area contributed by atoms with Crippen LogP contribution in [-0.2, 0) is 0 Å². The van der Waals surface area contributed by atoms with Gasteiger partial charge in [-0.05, 0) is 45.2 Å². The van der Waals surface area contributed by atoms with E-state index in [0.717, 1.165) is 5.92 Å². The molecule has 0 radical (unpaired) electrons. The lowest BCUT2D eigenvalue weighted by Gasteiger charge is -2.27. The summed E-state index contributed by atoms with van der Waals surface area (Å²) < 4.78 is 0. The van der Waals surface area contributed by atoms with Crippen LogP contribution in [0.1, 0.15) is 49.8 Å². The molecule has 0 N–H and O–H groups in total. The topological polar surface area (TPSA) is 3.24 Å². The first-order valence-corrected chi connectivity index (χ1v) is 6.93. The third-order valence-corrected chi connectivity index (χ3v) is 4.24. The van der Waals surface area contributed by atoms with E-state index in [2.05, 4.69) is 50.1 Å². The molecule has 0 bridgehead atoms. The molecule has 0 aromatic heterocycles. The molecule has 1 atom stereocenters. The molecule has 17 heavy (non-hydrogen) atoms. The van der Waals surface area contributed by atoms with Gasteiger partial charge in [0.15, 0.2) is 0 Å². The largest absolute Gasteiger partial charge is 0.299 e. The predicted molar refractivity (Wildman–Crippen MR) is 74.2 cm³/mol. The van der Waals surface area contributed by atoms with E-state index in [4.69, 9.17) is 0 Å². The van der Waals surface area contributed by atoms with Gasteiger partial charge in [0, 0.05) is 12.6 Å². The minimum atomic E-state index is 0.538. The molecule has 1 aliphatic carbocycles. The first-order chi connectivity index (χ1) is 8.16. The Morgan fingerprint density at radius 3 is 2.35 bits per heavy atom. The second-order valence-electron chi connectivity index (χ2n) is 5.68. The Balaban J connectivity index is 1.93. The molecule has 1 aromatic rings. The predicted octanol–water partition coefficient (Wildman–Crippen LogP) is 4.18. The van der Waals surface area contributed by atoms with Crippen LogP contribution in [0.5, 0.6) is 0 Å². The smallest absolute Gasteiger partial charge is 0.0316 e. The fourth-order valence-corrected chi connectivity index (χ4v) is 2.86. The molecule has 0 spiro atoms. The number of benzene rings is 1. The van der Waals surface area contributed by atoms with Crippen LogP contribution in [0.3, 0.4) is 0 Å². The molecule has 1 aliphatic rings. The van der Waals surface area contributed by atoms with Gasteiger partial charge in [-0.2, -0.15) is 0 Å². The number of aryl methyl sites for hydroxylation is 1. The van der Waals surface area contributed by atoms with Crippen molar-refractivity contribution in [2.24, 2.45) is 5.92 Å². The SMILES string of the molecule is Cc1ccc(C(C)N(C)CC2CCCC2)cc1. The van der Waals surface area contributed by atoms with Crippen molar-refractivity contribution in [2.75, 3.05) is 13.6 Å². The van der Waals surface area contributed by atoms with Gasteiger partial charge in [-0.25, -0.2) is 0 Å². The number of rotatable bonds is 4. The molecule has 2 rings (SSSR count). The van der Waals surface area contributed by atoms with E-state index in [9.17, 15) is 0 Å². The maximum absolute atomic E-state index is 2.51. The Kier molecular flexibility index (Phi) is 4.22. The second kappa shape index (κ2) is 5.68. The highest BCUT2D eigenvalue weighted by Gasteiger charge is 2.19. The highest BCUT2D eigenvalue weighted by molar-refractivity contribution is 5.23. The number of hydrogen-bond donors (Lipinski definition) is 0. The van der Waals surface area contributed by atoms with Crippen molar-refractivity contribution in [3.05, 3.63) is 35.4 Å². The van der Waals surface area contributed by atoms with Gasteiger partial charge in [0.1, 0.15) is 0 Å². The molecule has 94 valence electrons. The lowest BCUT2D eigenvalue weighted by atomic mass is 10.0. The van der Waals surface area contributed by atoms with Crippen LogP contribution in [0.15, 0.2) is 24.3 Å². The summed E-state index contributed by atoms with van der Waals surface area (Å²) in [5.41, 5.74) is 2.79. The first-order valence-electron chi connectivity index (χ1n) is 6.93. The normalized spacial score (nSPS) is 18.8. The minimum absolute atomic E-state index is 0.538. The molecule has 1 heteroatoms. The summed E-state index contributed by atoms with van der Waals surface area (Å²) in [5, 5.41) is 0. The van der Waals surface area contributed by atoms with E-state index in [1.54, 1.807) is 0 Å². The van der Waals surface area contributed by atoms with E-state index in [1.165, 1.54) is 43.4 Å². The van der Waals surface area contributed by atoms with Crippen molar-refractivity contribution < 1.29 is 0 Å². The Labute approximate surface area is 106 Å². The van der Waals surface area contributed by atoms with Crippen LogP contribution in [0.4, 0.5) is 0 Å². The third kappa shape index (κ3) is 3.32. The zero-order valence-corrected chi connectivity index (χ0v) is 11.4. The number of nitrogens with zero attached hydrogens (tertiary/aromatic N) is 1. The van der Waals surface area contributed by atoms with Gasteiger partial charge in [-0.1, -0.05) is 42.7 Å². The van der Waals surface area contributed by atoms with E-state index in [0.29, 0.717) is 6.04 Å². The lowest BCUT2D eigenvalue weighted by Crippen LogP contribution is -2.27. The zero-order valence-electron chi connectivity index (χ0n) is 11.4. The highest BCUT2D eigenvalue weighted by atomic mass is 15.1. The first kappa shape index (κ1) is 12.6. The van der Waals surface area contributed by atoms with Crippen molar-refractivity contribution in [2.45, 2.75) is 45.6 Å². The van der Waals surface area contributed by atoms with Crippen LogP contribution in [0.2, 0.25) is 0 Å². The molecule has 1 saturated carbocycles. The van der Waals surface area contributed by atoms with Crippen LogP contribution in [-0.4, -0.2) is 18.5 Å². The van der Waals surface area contributed by atoms with Gasteiger partial charge in [0.2, 0.25) is 0 Å². The van der Waals surface area contributed by atoms with Crippen LogP contribution in [0, 0.1) is 12.8 Å². The summed E-state index contributed by atoms with van der Waals surface area (Å²) in [7, 11) is 2.27. The minimum Gasteiger partial charge on any atom is -0.299 e. The quantitative estimate of drug-likeness (QED) is 0.751. The van der Waals surface area contributed by atoms with Gasteiger partial charge in [0.05, 0.1) is 0 Å². The fraction of sp³-hybridized carbons (Fsp3) is 0.625. The second-order valence-corrected chi connectivity index (χ2v) is 5.68. The van der Waals surface area contributed by atoms with Crippen LogP contribution < -0.4 is 0 Å². The Morgan fingerprint density at radius 1 is 1.18 bits per heavy atom. The van der Waals surface area contributed by atoms with E-state index in [1.807, 2.05) is 0 Å². The summed E-state index contributed by atoms with van der Waals surface area (Å²) >= 11 is 0. The highest BCUT2D eigenvalue weighted by Crippen LogP contribution is 2.28. The zero-order chi connectivity index (χ0) is 12.3. The molecule has 1 nitrogen and oxygen atoms in total. The third-order valence-electron chi connectivity index (χ3n) is 4.24. The van der Waals surface area contributed by atoms with E-state index < -0.39 is 0 Å². The monoisotopic (exact) mass is 231 g/mol. The van der Waals surface area contributed by atoms with Gasteiger partial charge in [-0.15, -0.1) is 0 Å². The molecule has 1 aromatic carbocycles. The summed E-state index contributed by atoms with van der Waals surface area (Å²) in [6.07, 6.45) is 5.75. The van der Waals surface area contributed by atoms with Crippen LogP contribution >= 0.6 is 0 Å². The van der Waals surface area contributed by atoms with Crippen molar-refractivity contribution in [3.63, 3.8) is 0 Å². The van der Waals surface area contributed by atoms with Crippen molar-refractivity contribution in [3.8, 4) is 0 Å². The molecule has 0 aliphatic heterocycles. The van der Waals surface area contributed by atoms with Crippen molar-refractivity contribution in [1.82, 2.24) is 4.90 Å².